The second-order valence-electron chi connectivity index (χ2n) is 8.81. The Hall–Kier alpha value is -2.87. The molecule has 0 N–H and O–H groups in total. The SMILES string of the molecule is Cc1nn([C@@H]2CCS(=O)(=O)C2)c(C)c1CN(C)C(=O)c1ccc(-n2c(C)ccc2C)cc1. The number of rotatable bonds is 5. The van der Waals surface area contributed by atoms with Crippen LogP contribution in [0.3, 0.4) is 0 Å². The van der Waals surface area contributed by atoms with Gasteiger partial charge in [-0.15, -0.1) is 0 Å². The minimum Gasteiger partial charge on any atom is -0.337 e. The molecular formula is C24H30N4O3S. The normalized spacial score (nSPS) is 17.6. The summed E-state index contributed by atoms with van der Waals surface area (Å²) in [6.45, 7) is 8.41. The summed E-state index contributed by atoms with van der Waals surface area (Å²) in [6.07, 6.45) is 0.588. The number of aryl methyl sites for hydroxylation is 3. The number of carbonyl (C=O) groups is 1. The number of amides is 1. The van der Waals surface area contributed by atoms with Crippen molar-refractivity contribution in [2.45, 2.75) is 46.7 Å². The van der Waals surface area contributed by atoms with E-state index >= 15 is 0 Å². The van der Waals surface area contributed by atoms with Crippen LogP contribution >= 0.6 is 0 Å². The summed E-state index contributed by atoms with van der Waals surface area (Å²) in [4.78, 5) is 14.8. The second kappa shape index (κ2) is 8.24. The fourth-order valence-electron chi connectivity index (χ4n) is 4.61. The molecule has 0 unspecified atom stereocenters. The van der Waals surface area contributed by atoms with Crippen molar-refractivity contribution in [1.82, 2.24) is 19.2 Å². The zero-order valence-corrected chi connectivity index (χ0v) is 20.1. The van der Waals surface area contributed by atoms with Gasteiger partial charge >= 0.3 is 0 Å². The highest BCUT2D eigenvalue weighted by molar-refractivity contribution is 7.91. The highest BCUT2D eigenvalue weighted by Gasteiger charge is 2.31. The lowest BCUT2D eigenvalue weighted by Crippen LogP contribution is -2.26. The third kappa shape index (κ3) is 4.11. The van der Waals surface area contributed by atoms with Gasteiger partial charge < -0.3 is 9.47 Å². The Morgan fingerprint density at radius 1 is 1.06 bits per heavy atom. The van der Waals surface area contributed by atoms with E-state index in [4.69, 9.17) is 0 Å². The lowest BCUT2D eigenvalue weighted by atomic mass is 10.1. The molecular weight excluding hydrogens is 424 g/mol. The summed E-state index contributed by atoms with van der Waals surface area (Å²) in [6, 6.07) is 11.7. The van der Waals surface area contributed by atoms with Gasteiger partial charge in [0.15, 0.2) is 9.84 Å². The first-order valence-corrected chi connectivity index (χ1v) is 12.7. The standard InChI is InChI=1S/C24H30N4O3S/c1-16-6-7-17(2)27(16)21-10-8-20(9-11-21)24(29)26(5)14-23-18(3)25-28(19(23)4)22-12-13-32(30,31)15-22/h6-11,22H,12-15H2,1-5H3/t22-/m1/s1. The zero-order valence-electron chi connectivity index (χ0n) is 19.3. The molecule has 0 spiro atoms. The van der Waals surface area contributed by atoms with Crippen LogP contribution in [0.15, 0.2) is 36.4 Å². The average Bonchev–Trinajstić information content (AvgIpc) is 3.37. The van der Waals surface area contributed by atoms with Gasteiger partial charge in [0.1, 0.15) is 0 Å². The first-order valence-electron chi connectivity index (χ1n) is 10.8. The Kier molecular flexibility index (Phi) is 5.75. The molecule has 0 saturated carbocycles. The largest absolute Gasteiger partial charge is 0.337 e. The first-order chi connectivity index (χ1) is 15.1. The van der Waals surface area contributed by atoms with Gasteiger partial charge in [-0.2, -0.15) is 5.10 Å². The molecule has 8 heteroatoms. The van der Waals surface area contributed by atoms with Crippen molar-refractivity contribution in [3.8, 4) is 5.69 Å². The van der Waals surface area contributed by atoms with E-state index in [0.29, 0.717) is 18.5 Å². The summed E-state index contributed by atoms with van der Waals surface area (Å²) in [5.41, 5.74) is 6.69. The van der Waals surface area contributed by atoms with E-state index in [1.165, 1.54) is 0 Å². The van der Waals surface area contributed by atoms with Crippen LogP contribution in [0, 0.1) is 27.7 Å². The summed E-state index contributed by atoms with van der Waals surface area (Å²) in [5.74, 6) is 0.282. The smallest absolute Gasteiger partial charge is 0.253 e. The maximum absolute atomic E-state index is 13.1. The van der Waals surface area contributed by atoms with Crippen molar-refractivity contribution in [3.05, 3.63) is 70.3 Å². The van der Waals surface area contributed by atoms with Crippen LogP contribution in [0.25, 0.3) is 5.69 Å². The van der Waals surface area contributed by atoms with E-state index in [1.807, 2.05) is 42.8 Å². The zero-order chi connectivity index (χ0) is 23.2. The van der Waals surface area contributed by atoms with Crippen LogP contribution in [0.5, 0.6) is 0 Å². The Morgan fingerprint density at radius 3 is 2.25 bits per heavy atom. The summed E-state index contributed by atoms with van der Waals surface area (Å²) in [5, 5.41) is 4.61. The maximum Gasteiger partial charge on any atom is 0.253 e. The third-order valence-corrected chi connectivity index (χ3v) is 8.17. The van der Waals surface area contributed by atoms with Gasteiger partial charge in [-0.1, -0.05) is 0 Å². The van der Waals surface area contributed by atoms with E-state index in [2.05, 4.69) is 35.6 Å². The minimum atomic E-state index is -2.99. The molecule has 1 aliphatic heterocycles. The molecule has 4 rings (SSSR count). The number of aromatic nitrogens is 3. The molecule has 0 radical (unpaired) electrons. The van der Waals surface area contributed by atoms with Gasteiger partial charge in [0.25, 0.3) is 5.91 Å². The van der Waals surface area contributed by atoms with Gasteiger partial charge in [-0.05, 0) is 70.5 Å². The first kappa shape index (κ1) is 22.3. The Labute approximate surface area is 189 Å². The molecule has 1 atom stereocenters. The Morgan fingerprint density at radius 2 is 1.69 bits per heavy atom. The summed E-state index contributed by atoms with van der Waals surface area (Å²) < 4.78 is 27.8. The van der Waals surface area contributed by atoms with Crippen molar-refractivity contribution < 1.29 is 13.2 Å². The Balaban J connectivity index is 1.51. The van der Waals surface area contributed by atoms with Crippen LogP contribution in [-0.4, -0.2) is 52.1 Å². The number of benzene rings is 1. The Bertz CT molecular complexity index is 1250. The molecule has 1 fully saturated rings. The summed E-state index contributed by atoms with van der Waals surface area (Å²) >= 11 is 0. The van der Waals surface area contributed by atoms with Gasteiger partial charge in [0, 0.05) is 47.5 Å². The fourth-order valence-corrected chi connectivity index (χ4v) is 6.30. The van der Waals surface area contributed by atoms with E-state index < -0.39 is 9.84 Å². The van der Waals surface area contributed by atoms with Crippen molar-refractivity contribution in [2.24, 2.45) is 0 Å². The molecule has 2 aromatic heterocycles. The molecule has 1 aliphatic rings. The topological polar surface area (TPSA) is 77.2 Å². The van der Waals surface area contributed by atoms with Crippen LogP contribution in [0.4, 0.5) is 0 Å². The third-order valence-electron chi connectivity index (χ3n) is 6.41. The predicted molar refractivity (Wildman–Crippen MR) is 125 cm³/mol. The maximum atomic E-state index is 13.1. The van der Waals surface area contributed by atoms with Crippen LogP contribution < -0.4 is 0 Å². The molecule has 1 aromatic carbocycles. The van der Waals surface area contributed by atoms with E-state index in [9.17, 15) is 13.2 Å². The van der Waals surface area contributed by atoms with E-state index in [0.717, 1.165) is 34.0 Å². The monoisotopic (exact) mass is 454 g/mol. The van der Waals surface area contributed by atoms with Gasteiger partial charge in [0.05, 0.1) is 23.2 Å². The lowest BCUT2D eigenvalue weighted by molar-refractivity contribution is 0.0784. The molecule has 1 saturated heterocycles. The number of carbonyl (C=O) groups excluding carboxylic acids is 1. The van der Waals surface area contributed by atoms with Crippen LogP contribution in [0.1, 0.15) is 51.2 Å². The van der Waals surface area contributed by atoms with Crippen molar-refractivity contribution in [2.75, 3.05) is 18.6 Å². The number of nitrogens with zero attached hydrogens (tertiary/aromatic N) is 4. The lowest BCUT2D eigenvalue weighted by Gasteiger charge is -2.19. The highest BCUT2D eigenvalue weighted by atomic mass is 32.2. The van der Waals surface area contributed by atoms with Crippen LogP contribution in [0.2, 0.25) is 0 Å². The molecule has 7 nitrogen and oxygen atoms in total. The average molecular weight is 455 g/mol. The predicted octanol–water partition coefficient (Wildman–Crippen LogP) is 3.54. The highest BCUT2D eigenvalue weighted by Crippen LogP contribution is 2.27. The van der Waals surface area contributed by atoms with E-state index in [1.54, 1.807) is 11.9 Å². The quantitative estimate of drug-likeness (QED) is 0.591. The summed E-state index contributed by atoms with van der Waals surface area (Å²) in [7, 11) is -1.20. The number of hydrogen-bond acceptors (Lipinski definition) is 4. The van der Waals surface area contributed by atoms with Crippen molar-refractivity contribution in [3.63, 3.8) is 0 Å². The van der Waals surface area contributed by atoms with Gasteiger partial charge in [-0.3, -0.25) is 9.48 Å². The fraction of sp³-hybridized carbons (Fsp3) is 0.417. The minimum absolute atomic E-state index is 0.0625. The van der Waals surface area contributed by atoms with Gasteiger partial charge in [0.2, 0.25) is 0 Å². The number of hydrogen-bond donors (Lipinski definition) is 0. The molecule has 0 bridgehead atoms. The van der Waals surface area contributed by atoms with Crippen molar-refractivity contribution >= 4 is 15.7 Å². The molecule has 170 valence electrons. The molecule has 32 heavy (non-hydrogen) atoms. The van der Waals surface area contributed by atoms with Crippen molar-refractivity contribution in [1.29, 1.82) is 0 Å². The van der Waals surface area contributed by atoms with Crippen LogP contribution in [-0.2, 0) is 16.4 Å². The second-order valence-corrected chi connectivity index (χ2v) is 11.0. The van der Waals surface area contributed by atoms with Gasteiger partial charge in [-0.25, -0.2) is 8.42 Å². The molecule has 3 heterocycles. The van der Waals surface area contributed by atoms with E-state index in [-0.39, 0.29) is 23.5 Å². The number of sulfone groups is 1. The molecule has 3 aromatic rings. The molecule has 0 aliphatic carbocycles. The molecule has 1 amide bonds.